The van der Waals surface area contributed by atoms with Gasteiger partial charge in [-0.15, -0.1) is 0 Å². The number of hydrogen-bond acceptors (Lipinski definition) is 2. The van der Waals surface area contributed by atoms with Gasteiger partial charge in [0.25, 0.3) is 0 Å². The Morgan fingerprint density at radius 1 is 0.268 bits per heavy atom. The second-order valence-corrected chi connectivity index (χ2v) is 14.0. The first-order valence-corrected chi connectivity index (χ1v) is 19.6. The van der Waals surface area contributed by atoms with Crippen molar-refractivity contribution in [2.24, 2.45) is 16.9 Å². The van der Waals surface area contributed by atoms with Crippen LogP contribution in [0.15, 0.2) is 0 Å². The fourth-order valence-electron chi connectivity index (χ4n) is 6.71. The summed E-state index contributed by atoms with van der Waals surface area (Å²) in [5.74, 6) is 0. The molecule has 41 heavy (non-hydrogen) atoms. The molecule has 0 radical (unpaired) electrons. The molecule has 0 aliphatic carbocycles. The summed E-state index contributed by atoms with van der Waals surface area (Å²) in [6, 6.07) is 0. The van der Waals surface area contributed by atoms with Gasteiger partial charge in [-0.25, -0.2) is 0 Å². The number of hydrogen-bond donors (Lipinski definition) is 2. The molecule has 0 aromatic heterocycles. The van der Waals surface area contributed by atoms with E-state index in [1.54, 1.807) is 0 Å². The summed E-state index contributed by atoms with van der Waals surface area (Å²) in [6.07, 6.45) is 48.3. The molecule has 2 heteroatoms. The van der Waals surface area contributed by atoms with E-state index in [4.69, 9.17) is 11.5 Å². The minimum atomic E-state index is 0.214. The van der Waals surface area contributed by atoms with Gasteiger partial charge in [-0.2, -0.15) is 0 Å². The molecule has 0 aliphatic heterocycles. The van der Waals surface area contributed by atoms with Gasteiger partial charge >= 0.3 is 0 Å². The molecule has 0 saturated carbocycles. The van der Waals surface area contributed by atoms with Gasteiger partial charge in [-0.1, -0.05) is 219 Å². The topological polar surface area (TPSA) is 52.0 Å². The van der Waals surface area contributed by atoms with Gasteiger partial charge in [0.1, 0.15) is 0 Å². The Morgan fingerprint density at radius 3 is 0.610 bits per heavy atom. The molecule has 0 saturated heterocycles. The van der Waals surface area contributed by atoms with Crippen LogP contribution in [-0.4, -0.2) is 13.1 Å². The van der Waals surface area contributed by atoms with Crippen LogP contribution in [0.2, 0.25) is 0 Å². The fourth-order valence-corrected chi connectivity index (χ4v) is 6.71. The van der Waals surface area contributed by atoms with Crippen LogP contribution in [-0.2, 0) is 0 Å². The molecule has 0 rings (SSSR count). The maximum absolute atomic E-state index is 6.27. The van der Waals surface area contributed by atoms with Gasteiger partial charge in [0.15, 0.2) is 0 Å². The van der Waals surface area contributed by atoms with E-state index in [2.05, 4.69) is 13.8 Å². The van der Waals surface area contributed by atoms with Crippen molar-refractivity contribution in [2.75, 3.05) is 13.1 Å². The standard InChI is InChI=1S/C39H82N2/c1-3-5-7-9-11-13-15-17-19-21-23-25-27-29-31-33-35-39(37-40,38-41)36-34-32-30-28-26-24-22-20-18-16-14-12-10-8-6-4-2/h3-38,40-41H2,1-2H3. The van der Waals surface area contributed by atoms with E-state index in [9.17, 15) is 0 Å². The number of nitrogens with two attached hydrogens (primary N) is 2. The summed E-state index contributed by atoms with van der Waals surface area (Å²) >= 11 is 0. The third kappa shape index (κ3) is 29.8. The second-order valence-electron chi connectivity index (χ2n) is 14.0. The minimum absolute atomic E-state index is 0.214. The monoisotopic (exact) mass is 579 g/mol. The molecule has 0 atom stereocenters. The first-order valence-electron chi connectivity index (χ1n) is 19.6. The second kappa shape index (κ2) is 34.4. The summed E-state index contributed by atoms with van der Waals surface area (Å²) < 4.78 is 0. The Labute approximate surface area is 261 Å². The highest BCUT2D eigenvalue weighted by Crippen LogP contribution is 2.30. The molecule has 0 aromatic carbocycles. The zero-order valence-corrected chi connectivity index (χ0v) is 29.1. The molecular formula is C39H82N2. The Bertz CT molecular complexity index is 420. The smallest absolute Gasteiger partial charge is 0.000844 e. The van der Waals surface area contributed by atoms with Crippen LogP contribution in [0.4, 0.5) is 0 Å². The highest BCUT2D eigenvalue weighted by Gasteiger charge is 2.25. The molecule has 0 aliphatic rings. The maximum atomic E-state index is 6.27. The number of rotatable bonds is 36. The average molecular weight is 579 g/mol. The molecule has 0 bridgehead atoms. The fraction of sp³-hybridized carbons (Fsp3) is 1.00. The van der Waals surface area contributed by atoms with Crippen LogP contribution in [0.1, 0.15) is 232 Å². The first kappa shape index (κ1) is 40.9. The number of unbranched alkanes of at least 4 members (excludes halogenated alkanes) is 30. The van der Waals surface area contributed by atoms with Crippen molar-refractivity contribution in [2.45, 2.75) is 232 Å². The minimum Gasteiger partial charge on any atom is -0.330 e. The highest BCUT2D eigenvalue weighted by molar-refractivity contribution is 4.81. The van der Waals surface area contributed by atoms with Gasteiger partial charge in [-0.05, 0) is 31.3 Å². The summed E-state index contributed by atoms with van der Waals surface area (Å²) in [5.41, 5.74) is 12.8. The molecule has 248 valence electrons. The van der Waals surface area contributed by atoms with Crippen molar-refractivity contribution in [3.63, 3.8) is 0 Å². The van der Waals surface area contributed by atoms with E-state index >= 15 is 0 Å². The van der Waals surface area contributed by atoms with E-state index in [0.29, 0.717) is 0 Å². The van der Waals surface area contributed by atoms with E-state index in [1.165, 1.54) is 218 Å². The first-order chi connectivity index (χ1) is 20.2. The van der Waals surface area contributed by atoms with Crippen molar-refractivity contribution in [3.05, 3.63) is 0 Å². The predicted molar refractivity (Wildman–Crippen MR) is 189 cm³/mol. The molecule has 0 heterocycles. The van der Waals surface area contributed by atoms with Crippen LogP contribution in [0.25, 0.3) is 0 Å². The van der Waals surface area contributed by atoms with Gasteiger partial charge in [-0.3, -0.25) is 0 Å². The predicted octanol–water partition coefficient (Wildman–Crippen LogP) is 13.2. The lowest BCUT2D eigenvalue weighted by atomic mass is 9.78. The zero-order valence-electron chi connectivity index (χ0n) is 29.1. The van der Waals surface area contributed by atoms with Crippen molar-refractivity contribution >= 4 is 0 Å². The summed E-state index contributed by atoms with van der Waals surface area (Å²) in [7, 11) is 0. The maximum Gasteiger partial charge on any atom is -0.000844 e. The van der Waals surface area contributed by atoms with Gasteiger partial charge in [0.05, 0.1) is 0 Å². The van der Waals surface area contributed by atoms with E-state index in [-0.39, 0.29) is 5.41 Å². The van der Waals surface area contributed by atoms with Crippen molar-refractivity contribution < 1.29 is 0 Å². The molecule has 2 nitrogen and oxygen atoms in total. The van der Waals surface area contributed by atoms with Crippen LogP contribution < -0.4 is 11.5 Å². The molecule has 0 unspecified atom stereocenters. The van der Waals surface area contributed by atoms with Crippen molar-refractivity contribution in [1.29, 1.82) is 0 Å². The third-order valence-electron chi connectivity index (χ3n) is 9.99. The Morgan fingerprint density at radius 2 is 0.439 bits per heavy atom. The molecule has 4 N–H and O–H groups in total. The normalized spacial score (nSPS) is 12.0. The van der Waals surface area contributed by atoms with Gasteiger partial charge in [0, 0.05) is 0 Å². The zero-order chi connectivity index (χ0) is 30.0. The van der Waals surface area contributed by atoms with Crippen molar-refractivity contribution in [1.82, 2.24) is 0 Å². The van der Waals surface area contributed by atoms with Gasteiger partial charge < -0.3 is 11.5 Å². The SMILES string of the molecule is CCCCCCCCCCCCCCCCCCC(CN)(CN)CCCCCCCCCCCCCCCCCC. The lowest BCUT2D eigenvalue weighted by Crippen LogP contribution is -2.38. The van der Waals surface area contributed by atoms with Crippen LogP contribution in [0, 0.1) is 5.41 Å². The molecule has 0 amide bonds. The molecule has 0 fully saturated rings. The Kier molecular flexibility index (Phi) is 34.3. The van der Waals surface area contributed by atoms with E-state index < -0.39 is 0 Å². The van der Waals surface area contributed by atoms with E-state index in [0.717, 1.165) is 13.1 Å². The van der Waals surface area contributed by atoms with Crippen LogP contribution >= 0.6 is 0 Å². The third-order valence-corrected chi connectivity index (χ3v) is 9.99. The quantitative estimate of drug-likeness (QED) is 0.0726. The summed E-state index contributed by atoms with van der Waals surface area (Å²) in [5, 5.41) is 0. The highest BCUT2D eigenvalue weighted by atomic mass is 14.7. The summed E-state index contributed by atoms with van der Waals surface area (Å²) in [4.78, 5) is 0. The van der Waals surface area contributed by atoms with Gasteiger partial charge in [0.2, 0.25) is 0 Å². The lowest BCUT2D eigenvalue weighted by molar-refractivity contribution is 0.241. The Balaban J connectivity index is 3.50. The largest absolute Gasteiger partial charge is 0.330 e. The van der Waals surface area contributed by atoms with Crippen LogP contribution in [0.5, 0.6) is 0 Å². The Hall–Kier alpha value is -0.0800. The summed E-state index contributed by atoms with van der Waals surface area (Å²) in [6.45, 7) is 6.16. The van der Waals surface area contributed by atoms with E-state index in [1.807, 2.05) is 0 Å². The van der Waals surface area contributed by atoms with Crippen molar-refractivity contribution in [3.8, 4) is 0 Å². The molecule has 0 spiro atoms. The molecule has 0 aromatic rings. The lowest BCUT2D eigenvalue weighted by Gasteiger charge is -2.31. The van der Waals surface area contributed by atoms with Crippen LogP contribution in [0.3, 0.4) is 0 Å². The average Bonchev–Trinajstić information content (AvgIpc) is 2.99. The molecular weight excluding hydrogens is 496 g/mol.